The van der Waals surface area contributed by atoms with Crippen molar-refractivity contribution in [2.24, 2.45) is 0 Å². The fraction of sp³-hybridized carbons (Fsp3) is 0.417. The molecule has 0 aliphatic rings. The molecule has 0 aromatic heterocycles. The highest BCUT2D eigenvalue weighted by atomic mass is 16.4. The molecule has 0 aliphatic carbocycles. The molecule has 16 heavy (non-hydrogen) atoms. The molecule has 0 radical (unpaired) electrons. The Morgan fingerprint density at radius 2 is 2.12 bits per heavy atom. The minimum atomic E-state index is -1.17. The number of unbranched alkanes of at least 4 members (excludes halogenated alkanes) is 2. The van der Waals surface area contributed by atoms with E-state index in [2.05, 4.69) is 12.2 Å². The number of carbonyl (C=O) groups is 1. The van der Waals surface area contributed by atoms with Crippen LogP contribution >= 0.6 is 0 Å². The second-order valence-electron chi connectivity index (χ2n) is 3.70. The molecule has 0 aliphatic heterocycles. The number of amides is 1. The smallest absolute Gasteiger partial charge is 0.409 e. The van der Waals surface area contributed by atoms with Crippen molar-refractivity contribution in [1.82, 2.24) is 0 Å². The molecule has 1 rings (SSSR count). The quantitative estimate of drug-likeness (QED) is 0.530. The van der Waals surface area contributed by atoms with Gasteiger partial charge < -0.3 is 10.2 Å². The van der Waals surface area contributed by atoms with E-state index in [9.17, 15) is 9.90 Å². The van der Waals surface area contributed by atoms with Crippen molar-refractivity contribution in [1.29, 1.82) is 0 Å². The van der Waals surface area contributed by atoms with Crippen molar-refractivity contribution in [2.45, 2.75) is 32.6 Å². The average molecular weight is 223 g/mol. The van der Waals surface area contributed by atoms with Gasteiger partial charge in [0.2, 0.25) is 0 Å². The van der Waals surface area contributed by atoms with E-state index in [-0.39, 0.29) is 11.4 Å². The molecular formula is C12H17NO3. The second-order valence-corrected chi connectivity index (χ2v) is 3.70. The van der Waals surface area contributed by atoms with Crippen LogP contribution in [0.1, 0.15) is 31.7 Å². The molecule has 3 N–H and O–H groups in total. The monoisotopic (exact) mass is 223 g/mol. The first-order valence-electron chi connectivity index (χ1n) is 5.46. The maximum atomic E-state index is 10.5. The van der Waals surface area contributed by atoms with Gasteiger partial charge in [-0.15, -0.1) is 0 Å². The number of phenols is 1. The number of aryl methyl sites for hydroxylation is 1. The normalized spacial score (nSPS) is 10.1. The zero-order valence-corrected chi connectivity index (χ0v) is 9.36. The highest BCUT2D eigenvalue weighted by molar-refractivity contribution is 5.85. The van der Waals surface area contributed by atoms with Crippen LogP contribution in [0.4, 0.5) is 10.5 Å². The Balaban J connectivity index is 2.74. The van der Waals surface area contributed by atoms with E-state index >= 15 is 0 Å². The van der Waals surface area contributed by atoms with E-state index in [0.717, 1.165) is 31.2 Å². The first-order chi connectivity index (χ1) is 7.65. The molecular weight excluding hydrogens is 206 g/mol. The van der Waals surface area contributed by atoms with E-state index in [4.69, 9.17) is 5.11 Å². The summed E-state index contributed by atoms with van der Waals surface area (Å²) in [5.74, 6) is 0.0426. The van der Waals surface area contributed by atoms with E-state index < -0.39 is 6.09 Å². The maximum absolute atomic E-state index is 10.5. The Morgan fingerprint density at radius 3 is 2.75 bits per heavy atom. The van der Waals surface area contributed by atoms with Crippen LogP contribution in [-0.4, -0.2) is 16.3 Å². The molecule has 0 saturated heterocycles. The molecule has 0 unspecified atom stereocenters. The Hall–Kier alpha value is -1.71. The van der Waals surface area contributed by atoms with Gasteiger partial charge in [-0.3, -0.25) is 5.32 Å². The summed E-state index contributed by atoms with van der Waals surface area (Å²) in [5, 5.41) is 20.6. The summed E-state index contributed by atoms with van der Waals surface area (Å²) in [6.45, 7) is 2.11. The van der Waals surface area contributed by atoms with Gasteiger partial charge >= 0.3 is 6.09 Å². The van der Waals surface area contributed by atoms with Gasteiger partial charge in [0.15, 0.2) is 0 Å². The number of anilines is 1. The summed E-state index contributed by atoms with van der Waals surface area (Å²) >= 11 is 0. The lowest BCUT2D eigenvalue weighted by Crippen LogP contribution is -2.07. The molecule has 1 amide bonds. The van der Waals surface area contributed by atoms with Crippen LogP contribution in [0.15, 0.2) is 18.2 Å². The van der Waals surface area contributed by atoms with Gasteiger partial charge in [0.1, 0.15) is 5.75 Å². The molecule has 0 bridgehead atoms. The van der Waals surface area contributed by atoms with Crippen molar-refractivity contribution in [3.05, 3.63) is 23.8 Å². The van der Waals surface area contributed by atoms with Crippen LogP contribution in [-0.2, 0) is 6.42 Å². The van der Waals surface area contributed by atoms with Crippen molar-refractivity contribution < 1.29 is 15.0 Å². The van der Waals surface area contributed by atoms with Crippen LogP contribution in [0.3, 0.4) is 0 Å². The first kappa shape index (κ1) is 12.4. The van der Waals surface area contributed by atoms with Crippen molar-refractivity contribution in [3.8, 4) is 5.75 Å². The fourth-order valence-electron chi connectivity index (χ4n) is 1.57. The molecule has 1 aromatic carbocycles. The predicted molar refractivity (Wildman–Crippen MR) is 63.0 cm³/mol. The molecule has 88 valence electrons. The molecule has 0 heterocycles. The number of nitrogens with one attached hydrogen (secondary N) is 1. The number of para-hydroxylation sites is 1. The largest absolute Gasteiger partial charge is 0.505 e. The highest BCUT2D eigenvalue weighted by Crippen LogP contribution is 2.28. The third-order valence-corrected chi connectivity index (χ3v) is 2.41. The molecule has 1 aromatic rings. The van der Waals surface area contributed by atoms with Crippen LogP contribution in [0, 0.1) is 0 Å². The summed E-state index contributed by atoms with van der Waals surface area (Å²) in [5.41, 5.74) is 1.04. The lowest BCUT2D eigenvalue weighted by molar-refractivity contribution is 0.209. The van der Waals surface area contributed by atoms with Crippen LogP contribution in [0.5, 0.6) is 5.75 Å². The Bertz CT molecular complexity index is 363. The number of hydrogen-bond donors (Lipinski definition) is 3. The summed E-state index contributed by atoms with van der Waals surface area (Å²) in [6, 6.07) is 5.11. The van der Waals surface area contributed by atoms with Gasteiger partial charge in [0, 0.05) is 0 Å². The number of rotatable bonds is 5. The van der Waals surface area contributed by atoms with Crippen LogP contribution in [0.2, 0.25) is 0 Å². The van der Waals surface area contributed by atoms with Crippen LogP contribution in [0.25, 0.3) is 0 Å². The summed E-state index contributed by atoms with van der Waals surface area (Å²) < 4.78 is 0. The molecule has 4 nitrogen and oxygen atoms in total. The first-order valence-corrected chi connectivity index (χ1v) is 5.46. The molecule has 4 heteroatoms. The van der Waals surface area contributed by atoms with Gasteiger partial charge in [0.25, 0.3) is 0 Å². The topological polar surface area (TPSA) is 69.6 Å². The second kappa shape index (κ2) is 6.00. The Kier molecular flexibility index (Phi) is 4.64. The zero-order valence-electron chi connectivity index (χ0n) is 9.36. The predicted octanol–water partition coefficient (Wildman–Crippen LogP) is 3.21. The minimum Gasteiger partial charge on any atom is -0.505 e. The lowest BCUT2D eigenvalue weighted by Gasteiger charge is -2.08. The SMILES string of the molecule is CCCCCc1cccc(NC(=O)O)c1O. The van der Waals surface area contributed by atoms with E-state index in [0.29, 0.717) is 0 Å². The summed E-state index contributed by atoms with van der Waals surface area (Å²) in [6.07, 6.45) is 2.83. The fourth-order valence-corrected chi connectivity index (χ4v) is 1.57. The molecule has 0 saturated carbocycles. The number of phenolic OH excluding ortho intramolecular Hbond substituents is 1. The lowest BCUT2D eigenvalue weighted by atomic mass is 10.1. The van der Waals surface area contributed by atoms with Crippen LogP contribution < -0.4 is 5.32 Å². The van der Waals surface area contributed by atoms with Gasteiger partial charge in [-0.25, -0.2) is 4.79 Å². The zero-order chi connectivity index (χ0) is 12.0. The number of aromatic hydroxyl groups is 1. The standard InChI is InChI=1S/C12H17NO3/c1-2-3-4-6-9-7-5-8-10(11(9)14)13-12(15)16/h5,7-8,13-14H,2-4,6H2,1H3,(H,15,16). The van der Waals surface area contributed by atoms with E-state index in [1.807, 2.05) is 6.07 Å². The summed E-state index contributed by atoms with van der Waals surface area (Å²) in [7, 11) is 0. The van der Waals surface area contributed by atoms with Crippen molar-refractivity contribution in [2.75, 3.05) is 5.32 Å². The average Bonchev–Trinajstić information content (AvgIpc) is 2.23. The molecule has 0 spiro atoms. The van der Waals surface area contributed by atoms with Crippen molar-refractivity contribution in [3.63, 3.8) is 0 Å². The Morgan fingerprint density at radius 1 is 1.38 bits per heavy atom. The van der Waals surface area contributed by atoms with E-state index in [1.54, 1.807) is 12.1 Å². The number of hydrogen-bond acceptors (Lipinski definition) is 2. The van der Waals surface area contributed by atoms with Gasteiger partial charge in [-0.1, -0.05) is 31.9 Å². The molecule has 0 fully saturated rings. The number of carboxylic acid groups (broad SMARTS) is 1. The Labute approximate surface area is 94.9 Å². The van der Waals surface area contributed by atoms with Gasteiger partial charge in [0.05, 0.1) is 5.69 Å². The third-order valence-electron chi connectivity index (χ3n) is 2.41. The van der Waals surface area contributed by atoms with Gasteiger partial charge in [-0.2, -0.15) is 0 Å². The number of benzene rings is 1. The van der Waals surface area contributed by atoms with Crippen molar-refractivity contribution >= 4 is 11.8 Å². The van der Waals surface area contributed by atoms with Gasteiger partial charge in [-0.05, 0) is 24.5 Å². The maximum Gasteiger partial charge on any atom is 0.409 e. The third kappa shape index (κ3) is 3.46. The molecule has 0 atom stereocenters. The van der Waals surface area contributed by atoms with E-state index in [1.165, 1.54) is 0 Å². The minimum absolute atomic E-state index is 0.0426. The highest BCUT2D eigenvalue weighted by Gasteiger charge is 2.08. The summed E-state index contributed by atoms with van der Waals surface area (Å²) in [4.78, 5) is 10.5.